The van der Waals surface area contributed by atoms with Gasteiger partial charge in [-0.05, 0) is 0 Å². The van der Waals surface area contributed by atoms with Gasteiger partial charge in [-0.3, -0.25) is 0 Å². The molecule has 0 aromatic carbocycles. The molecule has 0 aromatic heterocycles. The van der Waals surface area contributed by atoms with E-state index >= 15 is 0 Å². The van der Waals surface area contributed by atoms with Crippen LogP contribution in [-0.2, 0) is 4.74 Å². The molecule has 1 saturated carbocycles. The number of alkyl halides is 16. The average Bonchev–Trinajstić information content (AvgIpc) is 2.31. The van der Waals surface area contributed by atoms with Gasteiger partial charge in [0, 0.05) is 0 Å². The molecule has 0 saturated heterocycles. The third kappa shape index (κ3) is 2.16. The lowest BCUT2D eigenvalue weighted by molar-refractivity contribution is -0.548. The molecule has 1 fully saturated rings. The minimum Gasteiger partial charge on any atom is -0.223 e. The number of hydrogen-bond donors (Lipinski definition) is 0. The molecule has 1 nitrogen and oxygen atoms in total. The molecule has 1 rings (SSSR count). The molecule has 17 heteroatoms. The van der Waals surface area contributed by atoms with Crippen molar-refractivity contribution in [2.24, 2.45) is 0 Å². The Morgan fingerprint density at radius 1 is 0.440 bits per heavy atom. The van der Waals surface area contributed by atoms with Crippen molar-refractivity contribution in [3.8, 4) is 0 Å². The van der Waals surface area contributed by atoms with E-state index in [1.54, 1.807) is 0 Å². The Morgan fingerprint density at radius 3 is 0.920 bits per heavy atom. The molecule has 0 radical (unpaired) electrons. The summed E-state index contributed by atoms with van der Waals surface area (Å²) in [6, 6.07) is 0. The highest BCUT2D eigenvalue weighted by Crippen LogP contribution is 2.72. The summed E-state index contributed by atoms with van der Waals surface area (Å²) in [7, 11) is 0. The van der Waals surface area contributed by atoms with Crippen molar-refractivity contribution in [2.75, 3.05) is 0 Å². The van der Waals surface area contributed by atoms with Gasteiger partial charge < -0.3 is 0 Å². The SMILES string of the molecule is FC(F)(F)OC(F)(F)C1(F)C(F)(F)C(F)(F)C(F)(F)C(F)(F)C1(F)F. The Morgan fingerprint density at radius 2 is 0.680 bits per heavy atom. The van der Waals surface area contributed by atoms with E-state index in [9.17, 15) is 70.2 Å². The Kier molecular flexibility index (Phi) is 4.17. The van der Waals surface area contributed by atoms with Gasteiger partial charge in [0.2, 0.25) is 0 Å². The van der Waals surface area contributed by atoms with Gasteiger partial charge in [0.15, 0.2) is 0 Å². The van der Waals surface area contributed by atoms with Crippen molar-refractivity contribution < 1.29 is 75.0 Å². The molecule has 1 aliphatic rings. The second-order valence-corrected chi connectivity index (χ2v) is 4.60. The Hall–Kier alpha value is -1.16. The van der Waals surface area contributed by atoms with Crippen LogP contribution in [0.2, 0.25) is 0 Å². The van der Waals surface area contributed by atoms with Crippen LogP contribution in [-0.4, -0.2) is 47.8 Å². The normalized spacial score (nSPS) is 29.3. The van der Waals surface area contributed by atoms with E-state index in [4.69, 9.17) is 0 Å². The van der Waals surface area contributed by atoms with Crippen LogP contribution in [0.15, 0.2) is 0 Å². The molecular weight excluding hydrogens is 416 g/mol. The zero-order valence-electron chi connectivity index (χ0n) is 10.5. The Balaban J connectivity index is 3.90. The first kappa shape index (κ1) is 21.9. The predicted molar refractivity (Wildman–Crippen MR) is 40.7 cm³/mol. The number of halogens is 16. The molecule has 0 bridgehead atoms. The van der Waals surface area contributed by atoms with E-state index in [0.717, 1.165) is 0 Å². The van der Waals surface area contributed by atoms with E-state index < -0.39 is 47.8 Å². The van der Waals surface area contributed by atoms with Crippen LogP contribution < -0.4 is 0 Å². The summed E-state index contributed by atoms with van der Waals surface area (Å²) in [5.41, 5.74) is -8.22. The topological polar surface area (TPSA) is 9.23 Å². The molecule has 0 aliphatic heterocycles. The molecule has 1 aliphatic carbocycles. The summed E-state index contributed by atoms with van der Waals surface area (Å²) in [5, 5.41) is 0. The maximum absolute atomic E-state index is 13.6. The highest BCUT2D eigenvalue weighted by molar-refractivity contribution is 5.28. The van der Waals surface area contributed by atoms with E-state index in [1.165, 1.54) is 4.74 Å². The molecule has 150 valence electrons. The van der Waals surface area contributed by atoms with Gasteiger partial charge in [0.05, 0.1) is 0 Å². The molecule has 0 heterocycles. The van der Waals surface area contributed by atoms with Crippen molar-refractivity contribution >= 4 is 0 Å². The van der Waals surface area contributed by atoms with Crippen LogP contribution in [0, 0.1) is 0 Å². The first-order valence-electron chi connectivity index (χ1n) is 5.18. The lowest BCUT2D eigenvalue weighted by atomic mass is 9.71. The Labute approximate surface area is 124 Å². The van der Waals surface area contributed by atoms with E-state index in [2.05, 4.69) is 0 Å². The van der Waals surface area contributed by atoms with Gasteiger partial charge in [0.1, 0.15) is 0 Å². The fourth-order valence-electron chi connectivity index (χ4n) is 1.80. The van der Waals surface area contributed by atoms with Gasteiger partial charge >= 0.3 is 47.8 Å². The van der Waals surface area contributed by atoms with Crippen molar-refractivity contribution in [3.63, 3.8) is 0 Å². The van der Waals surface area contributed by atoms with Crippen LogP contribution in [0.3, 0.4) is 0 Å². The van der Waals surface area contributed by atoms with Crippen LogP contribution in [0.5, 0.6) is 0 Å². The van der Waals surface area contributed by atoms with Gasteiger partial charge in [0.25, 0.3) is 0 Å². The van der Waals surface area contributed by atoms with E-state index in [-0.39, 0.29) is 0 Å². The molecule has 0 unspecified atom stereocenters. The van der Waals surface area contributed by atoms with Crippen molar-refractivity contribution in [2.45, 2.75) is 47.8 Å². The summed E-state index contributed by atoms with van der Waals surface area (Å²) >= 11 is 0. The zero-order chi connectivity index (χ0) is 20.7. The third-order valence-electron chi connectivity index (χ3n) is 3.09. The van der Waals surface area contributed by atoms with Crippen molar-refractivity contribution in [1.29, 1.82) is 0 Å². The Bertz CT molecular complexity index is 513. The molecule has 0 aromatic rings. The van der Waals surface area contributed by atoms with Crippen LogP contribution in [0.25, 0.3) is 0 Å². The average molecular weight is 416 g/mol. The van der Waals surface area contributed by atoms with Crippen LogP contribution in [0.1, 0.15) is 0 Å². The summed E-state index contributed by atoms with van der Waals surface area (Å²) in [6.07, 6.45) is -14.8. The molecule has 0 amide bonds. The maximum Gasteiger partial charge on any atom is 0.527 e. The van der Waals surface area contributed by atoms with Crippen molar-refractivity contribution in [1.82, 2.24) is 0 Å². The molecule has 0 spiro atoms. The summed E-state index contributed by atoms with van der Waals surface area (Å²) < 4.78 is 205. The highest BCUT2D eigenvalue weighted by Gasteiger charge is 3.06. The van der Waals surface area contributed by atoms with Gasteiger partial charge in [-0.2, -0.15) is 52.7 Å². The predicted octanol–water partition coefficient (Wildman–Crippen LogP) is 5.01. The zero-order valence-corrected chi connectivity index (χ0v) is 10.5. The van der Waals surface area contributed by atoms with Crippen LogP contribution in [0.4, 0.5) is 70.2 Å². The van der Waals surface area contributed by atoms with Gasteiger partial charge in [-0.25, -0.2) is 9.13 Å². The maximum atomic E-state index is 13.6. The molecule has 0 atom stereocenters. The number of ether oxygens (including phenoxy) is 1. The standard InChI is InChI=1S/C8F16O/c9-1(7(20,21)25-8(22,23)24)2(10,11)4(14,15)6(18,19)5(16,17)3(1,12)13. The second-order valence-electron chi connectivity index (χ2n) is 4.60. The minimum absolute atomic E-state index is 1.21. The fourth-order valence-corrected chi connectivity index (χ4v) is 1.80. The van der Waals surface area contributed by atoms with E-state index in [1.807, 2.05) is 0 Å². The first-order chi connectivity index (χ1) is 10.5. The smallest absolute Gasteiger partial charge is 0.223 e. The first-order valence-corrected chi connectivity index (χ1v) is 5.18. The summed E-state index contributed by atoms with van der Waals surface area (Å²) in [6.45, 7) is 0. The lowest BCUT2D eigenvalue weighted by Crippen LogP contribution is -2.87. The summed E-state index contributed by atoms with van der Waals surface area (Å²) in [5.74, 6) is -40.1. The van der Waals surface area contributed by atoms with Gasteiger partial charge in [-0.1, -0.05) is 0 Å². The van der Waals surface area contributed by atoms with Crippen molar-refractivity contribution in [3.05, 3.63) is 0 Å². The number of hydrogen-bond acceptors (Lipinski definition) is 1. The molecular formula is C8F16O. The number of rotatable bonds is 2. The molecule has 25 heavy (non-hydrogen) atoms. The quantitative estimate of drug-likeness (QED) is 0.575. The second kappa shape index (κ2) is 4.76. The van der Waals surface area contributed by atoms with E-state index in [0.29, 0.717) is 0 Å². The highest BCUT2D eigenvalue weighted by atomic mass is 19.4. The summed E-state index contributed by atoms with van der Waals surface area (Å²) in [4.78, 5) is 0. The molecule has 0 N–H and O–H groups in total. The van der Waals surface area contributed by atoms with Gasteiger partial charge in [-0.15, -0.1) is 13.2 Å². The minimum atomic E-state index is -8.22. The lowest BCUT2D eigenvalue weighted by Gasteiger charge is -2.53. The third-order valence-corrected chi connectivity index (χ3v) is 3.09. The fraction of sp³-hybridized carbons (Fsp3) is 1.00. The largest absolute Gasteiger partial charge is 0.527 e. The van der Waals surface area contributed by atoms with Crippen LogP contribution >= 0.6 is 0 Å². The monoisotopic (exact) mass is 416 g/mol.